The van der Waals surface area contributed by atoms with Crippen molar-refractivity contribution in [3.05, 3.63) is 65.9 Å². The Hall–Kier alpha value is -2.61. The third-order valence-corrected chi connectivity index (χ3v) is 4.92. The molecule has 0 unspecified atom stereocenters. The number of fused-ring (bicyclic) bond motifs is 3. The molecule has 0 N–H and O–H groups in total. The standard InChI is InChI=1S/C23H23NO/c1-14(2)16-8-9-18-19-6-5-7-20(23(19)25-22(18)13-16)21-12-17(15(3)4)10-11-24-21/h5-15H,1-4H3. The Bertz CT molecular complexity index is 1060. The highest BCUT2D eigenvalue weighted by Gasteiger charge is 2.14. The van der Waals surface area contributed by atoms with Gasteiger partial charge in [0.25, 0.3) is 0 Å². The van der Waals surface area contributed by atoms with E-state index in [1.54, 1.807) is 0 Å². The van der Waals surface area contributed by atoms with Crippen LogP contribution >= 0.6 is 0 Å². The SMILES string of the molecule is CC(C)c1ccnc(-c2cccc3c2oc2cc(C(C)C)ccc23)c1. The van der Waals surface area contributed by atoms with Crippen LogP contribution in [-0.2, 0) is 0 Å². The summed E-state index contributed by atoms with van der Waals surface area (Å²) in [5.74, 6) is 0.965. The topological polar surface area (TPSA) is 26.0 Å². The van der Waals surface area contributed by atoms with Crippen LogP contribution < -0.4 is 0 Å². The molecule has 2 heteroatoms. The van der Waals surface area contributed by atoms with Gasteiger partial charge in [-0.15, -0.1) is 0 Å². The van der Waals surface area contributed by atoms with Crippen LogP contribution in [0, 0.1) is 0 Å². The molecule has 0 radical (unpaired) electrons. The van der Waals surface area contributed by atoms with Gasteiger partial charge in [-0.2, -0.15) is 0 Å². The Balaban J connectivity index is 1.96. The minimum atomic E-state index is 0.477. The molecule has 0 amide bonds. The molecule has 2 nitrogen and oxygen atoms in total. The lowest BCUT2D eigenvalue weighted by Crippen LogP contribution is -1.90. The first-order chi connectivity index (χ1) is 12.0. The quantitative estimate of drug-likeness (QED) is 0.409. The Kier molecular flexibility index (Phi) is 3.84. The van der Waals surface area contributed by atoms with Crippen LogP contribution in [0.25, 0.3) is 33.2 Å². The normalized spacial score (nSPS) is 11.9. The Labute approximate surface area is 148 Å². The van der Waals surface area contributed by atoms with Crippen molar-refractivity contribution in [2.75, 3.05) is 0 Å². The molecule has 2 heterocycles. The van der Waals surface area contributed by atoms with Crippen molar-refractivity contribution in [1.82, 2.24) is 4.98 Å². The highest BCUT2D eigenvalue weighted by atomic mass is 16.3. The summed E-state index contributed by atoms with van der Waals surface area (Å²) in [6, 6.07) is 17.1. The maximum Gasteiger partial charge on any atom is 0.144 e. The summed E-state index contributed by atoms with van der Waals surface area (Å²) >= 11 is 0. The van der Waals surface area contributed by atoms with Gasteiger partial charge in [0.1, 0.15) is 11.2 Å². The van der Waals surface area contributed by atoms with Gasteiger partial charge in [-0.1, -0.05) is 52.0 Å². The zero-order valence-corrected chi connectivity index (χ0v) is 15.2. The minimum Gasteiger partial charge on any atom is -0.455 e. The van der Waals surface area contributed by atoms with Crippen molar-refractivity contribution in [3.8, 4) is 11.3 Å². The molecule has 25 heavy (non-hydrogen) atoms. The number of pyridine rings is 1. The summed E-state index contributed by atoms with van der Waals surface area (Å²) in [4.78, 5) is 4.60. The van der Waals surface area contributed by atoms with Crippen LogP contribution in [0.3, 0.4) is 0 Å². The van der Waals surface area contributed by atoms with Crippen LogP contribution in [-0.4, -0.2) is 4.98 Å². The molecular formula is C23H23NO. The Morgan fingerprint density at radius 1 is 0.800 bits per heavy atom. The first-order valence-electron chi connectivity index (χ1n) is 8.96. The molecule has 4 rings (SSSR count). The third kappa shape index (κ3) is 2.72. The average molecular weight is 329 g/mol. The number of benzene rings is 2. The summed E-state index contributed by atoms with van der Waals surface area (Å²) < 4.78 is 6.29. The van der Waals surface area contributed by atoms with Gasteiger partial charge < -0.3 is 4.42 Å². The summed E-state index contributed by atoms with van der Waals surface area (Å²) in [7, 11) is 0. The zero-order chi connectivity index (χ0) is 17.6. The second-order valence-electron chi connectivity index (χ2n) is 7.32. The van der Waals surface area contributed by atoms with E-state index in [0.29, 0.717) is 11.8 Å². The molecule has 126 valence electrons. The Morgan fingerprint density at radius 2 is 1.56 bits per heavy atom. The summed E-state index contributed by atoms with van der Waals surface area (Å²) in [6.07, 6.45) is 1.89. The van der Waals surface area contributed by atoms with E-state index in [2.05, 4.69) is 81.2 Å². The molecule has 0 fully saturated rings. The first-order valence-corrected chi connectivity index (χ1v) is 8.96. The molecule has 0 saturated carbocycles. The number of para-hydroxylation sites is 1. The van der Waals surface area contributed by atoms with Crippen molar-refractivity contribution in [2.45, 2.75) is 39.5 Å². The maximum atomic E-state index is 6.29. The van der Waals surface area contributed by atoms with Gasteiger partial charge in [0.05, 0.1) is 5.69 Å². The van der Waals surface area contributed by atoms with Gasteiger partial charge in [0.2, 0.25) is 0 Å². The molecule has 0 aliphatic heterocycles. The predicted molar refractivity (Wildman–Crippen MR) is 105 cm³/mol. The smallest absolute Gasteiger partial charge is 0.144 e. The van der Waals surface area contributed by atoms with E-state index >= 15 is 0 Å². The summed E-state index contributed by atoms with van der Waals surface area (Å²) in [5, 5.41) is 2.32. The summed E-state index contributed by atoms with van der Waals surface area (Å²) in [6.45, 7) is 8.82. The number of hydrogen-bond donors (Lipinski definition) is 0. The lowest BCUT2D eigenvalue weighted by molar-refractivity contribution is 0.668. The number of rotatable bonds is 3. The molecule has 2 aromatic carbocycles. The highest BCUT2D eigenvalue weighted by molar-refractivity contribution is 6.09. The second kappa shape index (κ2) is 6.03. The molecule has 0 atom stereocenters. The van der Waals surface area contributed by atoms with Crippen molar-refractivity contribution < 1.29 is 4.42 Å². The van der Waals surface area contributed by atoms with E-state index in [0.717, 1.165) is 27.8 Å². The molecule has 2 aromatic heterocycles. The van der Waals surface area contributed by atoms with E-state index in [-0.39, 0.29) is 0 Å². The van der Waals surface area contributed by atoms with Gasteiger partial charge in [0.15, 0.2) is 0 Å². The van der Waals surface area contributed by atoms with Crippen molar-refractivity contribution in [1.29, 1.82) is 0 Å². The predicted octanol–water partition coefficient (Wildman–Crippen LogP) is 6.89. The molecule has 0 spiro atoms. The molecule has 0 aliphatic rings. The van der Waals surface area contributed by atoms with E-state index in [1.165, 1.54) is 16.5 Å². The van der Waals surface area contributed by atoms with E-state index < -0.39 is 0 Å². The summed E-state index contributed by atoms with van der Waals surface area (Å²) in [5.41, 5.74) is 6.50. The first kappa shape index (κ1) is 15.9. The number of nitrogens with zero attached hydrogens (tertiary/aromatic N) is 1. The van der Waals surface area contributed by atoms with Gasteiger partial charge in [-0.3, -0.25) is 4.98 Å². The monoisotopic (exact) mass is 329 g/mol. The molecule has 0 aliphatic carbocycles. The average Bonchev–Trinajstić information content (AvgIpc) is 2.99. The molecular weight excluding hydrogens is 306 g/mol. The van der Waals surface area contributed by atoms with Gasteiger partial charge in [-0.25, -0.2) is 0 Å². The fraction of sp³-hybridized carbons (Fsp3) is 0.261. The molecule has 0 bridgehead atoms. The number of hydrogen-bond acceptors (Lipinski definition) is 2. The fourth-order valence-corrected chi connectivity index (χ4v) is 3.33. The van der Waals surface area contributed by atoms with Crippen LogP contribution in [0.15, 0.2) is 59.1 Å². The number of aromatic nitrogens is 1. The zero-order valence-electron chi connectivity index (χ0n) is 15.2. The molecule has 0 saturated heterocycles. The minimum absolute atomic E-state index is 0.477. The highest BCUT2D eigenvalue weighted by Crippen LogP contribution is 2.36. The fourth-order valence-electron chi connectivity index (χ4n) is 3.33. The third-order valence-electron chi connectivity index (χ3n) is 4.92. The lowest BCUT2D eigenvalue weighted by atomic mass is 9.99. The largest absolute Gasteiger partial charge is 0.455 e. The van der Waals surface area contributed by atoms with Gasteiger partial charge in [-0.05, 0) is 47.2 Å². The van der Waals surface area contributed by atoms with Crippen LogP contribution in [0.1, 0.15) is 50.7 Å². The lowest BCUT2D eigenvalue weighted by Gasteiger charge is -2.07. The van der Waals surface area contributed by atoms with Crippen LogP contribution in [0.2, 0.25) is 0 Å². The van der Waals surface area contributed by atoms with E-state index in [4.69, 9.17) is 4.42 Å². The van der Waals surface area contributed by atoms with Crippen LogP contribution in [0.5, 0.6) is 0 Å². The van der Waals surface area contributed by atoms with Crippen LogP contribution in [0.4, 0.5) is 0 Å². The van der Waals surface area contributed by atoms with E-state index in [9.17, 15) is 0 Å². The van der Waals surface area contributed by atoms with E-state index in [1.807, 2.05) is 6.20 Å². The number of furan rings is 1. The Morgan fingerprint density at radius 3 is 2.32 bits per heavy atom. The van der Waals surface area contributed by atoms with Crippen molar-refractivity contribution >= 4 is 21.9 Å². The maximum absolute atomic E-state index is 6.29. The van der Waals surface area contributed by atoms with Crippen molar-refractivity contribution in [2.24, 2.45) is 0 Å². The van der Waals surface area contributed by atoms with Crippen molar-refractivity contribution in [3.63, 3.8) is 0 Å². The van der Waals surface area contributed by atoms with Gasteiger partial charge >= 0.3 is 0 Å². The second-order valence-corrected chi connectivity index (χ2v) is 7.32. The molecule has 4 aromatic rings. The van der Waals surface area contributed by atoms with Gasteiger partial charge in [0, 0.05) is 22.5 Å².